The van der Waals surface area contributed by atoms with E-state index in [9.17, 15) is 13.6 Å². The second kappa shape index (κ2) is 9.13. The van der Waals surface area contributed by atoms with Gasteiger partial charge in [-0.15, -0.1) is 0 Å². The molecule has 1 aliphatic heterocycles. The third-order valence-electron chi connectivity index (χ3n) is 5.86. The summed E-state index contributed by atoms with van der Waals surface area (Å²) >= 11 is 0. The normalized spacial score (nSPS) is 15.6. The summed E-state index contributed by atoms with van der Waals surface area (Å²) in [6.45, 7) is 3.07. The number of benzene rings is 3. The largest absolute Gasteiger partial charge is 0.494 e. The first-order valence-corrected chi connectivity index (χ1v) is 11.2. The van der Waals surface area contributed by atoms with Crippen LogP contribution < -0.4 is 10.1 Å². The number of fused-ring (bicyclic) bond motifs is 1. The summed E-state index contributed by atoms with van der Waals surface area (Å²) in [5.74, 6) is -0.0936. The lowest BCUT2D eigenvalue weighted by molar-refractivity contribution is 0.199. The second-order valence-electron chi connectivity index (χ2n) is 8.10. The van der Waals surface area contributed by atoms with Crippen molar-refractivity contribution in [1.29, 1.82) is 0 Å². The fourth-order valence-electron chi connectivity index (χ4n) is 4.24. The molecule has 6 nitrogen and oxygen atoms in total. The van der Waals surface area contributed by atoms with E-state index in [1.807, 2.05) is 19.1 Å². The van der Waals surface area contributed by atoms with Crippen molar-refractivity contribution < 1.29 is 22.7 Å². The molecule has 2 amide bonds. The zero-order chi connectivity index (χ0) is 23.7. The van der Waals surface area contributed by atoms with Crippen LogP contribution in [0, 0.1) is 11.6 Å². The Balaban J connectivity index is 1.36. The molecule has 174 valence electrons. The number of ether oxygens (including phenoxy) is 1. The molecule has 1 fully saturated rings. The molecule has 4 aromatic rings. The van der Waals surface area contributed by atoms with Crippen molar-refractivity contribution in [3.05, 3.63) is 78.2 Å². The fourth-order valence-corrected chi connectivity index (χ4v) is 4.24. The predicted octanol–water partition coefficient (Wildman–Crippen LogP) is 6.54. The van der Waals surface area contributed by atoms with Crippen LogP contribution in [0.25, 0.3) is 22.2 Å². The van der Waals surface area contributed by atoms with Gasteiger partial charge in [-0.25, -0.2) is 18.6 Å². The molecule has 0 radical (unpaired) electrons. The maximum absolute atomic E-state index is 14.2. The Hall–Kier alpha value is -3.94. The molecule has 0 saturated carbocycles. The Morgan fingerprint density at radius 2 is 1.97 bits per heavy atom. The summed E-state index contributed by atoms with van der Waals surface area (Å²) in [5, 5.41) is 2.92. The second-order valence-corrected chi connectivity index (χ2v) is 8.10. The number of hydrogen-bond acceptors (Lipinski definition) is 4. The zero-order valence-electron chi connectivity index (χ0n) is 18.6. The van der Waals surface area contributed by atoms with Gasteiger partial charge in [-0.2, -0.15) is 0 Å². The Bertz CT molecular complexity index is 1340. The third-order valence-corrected chi connectivity index (χ3v) is 5.86. The van der Waals surface area contributed by atoms with Crippen LogP contribution in [0.15, 0.2) is 65.1 Å². The van der Waals surface area contributed by atoms with Crippen LogP contribution in [0.2, 0.25) is 0 Å². The maximum atomic E-state index is 14.2. The number of nitrogens with zero attached hydrogens (tertiary/aromatic N) is 2. The van der Waals surface area contributed by atoms with Crippen molar-refractivity contribution in [1.82, 2.24) is 9.88 Å². The highest BCUT2D eigenvalue weighted by molar-refractivity contribution is 5.90. The van der Waals surface area contributed by atoms with Crippen LogP contribution in [-0.2, 0) is 0 Å². The van der Waals surface area contributed by atoms with Crippen LogP contribution in [-0.4, -0.2) is 29.1 Å². The number of amides is 2. The van der Waals surface area contributed by atoms with Gasteiger partial charge in [0.25, 0.3) is 0 Å². The van der Waals surface area contributed by atoms with E-state index >= 15 is 0 Å². The lowest BCUT2D eigenvalue weighted by atomic mass is 10.0. The van der Waals surface area contributed by atoms with Crippen LogP contribution >= 0.6 is 0 Å². The summed E-state index contributed by atoms with van der Waals surface area (Å²) in [6, 6.07) is 15.3. The van der Waals surface area contributed by atoms with Gasteiger partial charge >= 0.3 is 6.03 Å². The lowest BCUT2D eigenvalue weighted by Gasteiger charge is -2.22. The van der Waals surface area contributed by atoms with Gasteiger partial charge < -0.3 is 19.4 Å². The van der Waals surface area contributed by atoms with E-state index in [4.69, 9.17) is 9.15 Å². The number of likely N-dealkylation sites (tertiary alicyclic amines) is 1. The van der Waals surface area contributed by atoms with Crippen LogP contribution in [0.5, 0.6) is 5.75 Å². The summed E-state index contributed by atoms with van der Waals surface area (Å²) in [6.07, 6.45) is 1.55. The minimum Gasteiger partial charge on any atom is -0.494 e. The molecular weight excluding hydrogens is 440 g/mol. The quantitative estimate of drug-likeness (QED) is 0.365. The maximum Gasteiger partial charge on any atom is 0.322 e. The number of anilines is 1. The monoisotopic (exact) mass is 463 g/mol. The number of oxazole rings is 1. The van der Waals surface area contributed by atoms with Gasteiger partial charge in [-0.1, -0.05) is 6.07 Å². The first kappa shape index (κ1) is 21.9. The van der Waals surface area contributed by atoms with Gasteiger partial charge in [0.1, 0.15) is 28.9 Å². The zero-order valence-corrected chi connectivity index (χ0v) is 18.6. The first-order chi connectivity index (χ1) is 16.5. The van der Waals surface area contributed by atoms with Gasteiger partial charge in [0.05, 0.1) is 6.61 Å². The molecule has 3 aromatic carbocycles. The molecule has 8 heteroatoms. The van der Waals surface area contributed by atoms with Crippen LogP contribution in [0.4, 0.5) is 19.3 Å². The van der Waals surface area contributed by atoms with E-state index in [1.165, 1.54) is 12.1 Å². The molecule has 0 spiro atoms. The lowest BCUT2D eigenvalue weighted by Crippen LogP contribution is -2.34. The summed E-state index contributed by atoms with van der Waals surface area (Å²) in [4.78, 5) is 19.3. The molecule has 0 bridgehead atoms. The molecule has 2 heterocycles. The van der Waals surface area contributed by atoms with Gasteiger partial charge in [0.15, 0.2) is 5.58 Å². The highest BCUT2D eigenvalue weighted by Crippen LogP contribution is 2.35. The average Bonchev–Trinajstić information content (AvgIpc) is 3.47. The van der Waals surface area contributed by atoms with Crippen molar-refractivity contribution in [2.24, 2.45) is 0 Å². The molecule has 1 saturated heterocycles. The van der Waals surface area contributed by atoms with Gasteiger partial charge in [-0.3, -0.25) is 0 Å². The molecular formula is C26H23F2N3O3. The van der Waals surface area contributed by atoms with Crippen LogP contribution in [0.3, 0.4) is 0 Å². The molecule has 0 aliphatic carbocycles. The highest BCUT2D eigenvalue weighted by Gasteiger charge is 2.33. The fraction of sp³-hybridized carbons (Fsp3) is 0.231. The number of hydrogen-bond donors (Lipinski definition) is 1. The smallest absolute Gasteiger partial charge is 0.322 e. The standard InChI is InChI=1S/C26H23F2N3O3/c1-2-33-19-9-7-18(8-10-19)29-26(32)31-13-3-4-23(31)25-30-22-14-16(5-12-24(22)34-25)20-11-6-17(27)15-21(20)28/h5-12,14-15,23H,2-4,13H2,1H3,(H,29,32)/t23-/m0/s1. The van der Waals surface area contributed by atoms with E-state index < -0.39 is 11.6 Å². The number of carbonyl (C=O) groups excluding carboxylic acids is 1. The first-order valence-electron chi connectivity index (χ1n) is 11.2. The summed E-state index contributed by atoms with van der Waals surface area (Å²) in [5.41, 5.74) is 2.61. The minimum absolute atomic E-state index is 0.233. The SMILES string of the molecule is CCOc1ccc(NC(=O)N2CCC[C@H]2c2nc3cc(-c4ccc(F)cc4F)ccc3o2)cc1. The van der Waals surface area contributed by atoms with Gasteiger partial charge in [-0.05, 0) is 73.9 Å². The summed E-state index contributed by atoms with van der Waals surface area (Å²) < 4.78 is 38.9. The Morgan fingerprint density at radius 3 is 2.74 bits per heavy atom. The molecule has 1 aliphatic rings. The Kier molecular flexibility index (Phi) is 5.88. The molecule has 5 rings (SSSR count). The predicted molar refractivity (Wildman–Crippen MR) is 125 cm³/mol. The Labute approximate surface area is 195 Å². The van der Waals surface area contributed by atoms with E-state index in [0.717, 1.165) is 24.7 Å². The molecule has 1 atom stereocenters. The highest BCUT2D eigenvalue weighted by atomic mass is 19.1. The summed E-state index contributed by atoms with van der Waals surface area (Å²) in [7, 11) is 0. The van der Waals surface area contributed by atoms with Crippen molar-refractivity contribution in [2.45, 2.75) is 25.8 Å². The van der Waals surface area contributed by atoms with Gasteiger partial charge in [0.2, 0.25) is 5.89 Å². The van der Waals surface area contributed by atoms with Gasteiger partial charge in [0, 0.05) is 23.9 Å². The molecule has 1 aromatic heterocycles. The molecule has 0 unspecified atom stereocenters. The van der Waals surface area contributed by atoms with E-state index in [0.29, 0.717) is 41.4 Å². The topological polar surface area (TPSA) is 67.6 Å². The van der Waals surface area contributed by atoms with Crippen molar-refractivity contribution in [2.75, 3.05) is 18.5 Å². The number of halogens is 2. The third kappa shape index (κ3) is 4.31. The van der Waals surface area contributed by atoms with Crippen molar-refractivity contribution >= 4 is 22.8 Å². The van der Waals surface area contributed by atoms with E-state index in [1.54, 1.807) is 35.2 Å². The van der Waals surface area contributed by atoms with Crippen molar-refractivity contribution in [3.8, 4) is 16.9 Å². The average molecular weight is 463 g/mol. The van der Waals surface area contributed by atoms with E-state index in [2.05, 4.69) is 10.3 Å². The van der Waals surface area contributed by atoms with Crippen molar-refractivity contribution in [3.63, 3.8) is 0 Å². The molecule has 34 heavy (non-hydrogen) atoms. The number of urea groups is 1. The Morgan fingerprint density at radius 1 is 1.15 bits per heavy atom. The number of aromatic nitrogens is 1. The number of carbonyl (C=O) groups is 1. The number of nitrogens with one attached hydrogen (secondary N) is 1. The van der Waals surface area contributed by atoms with Crippen LogP contribution in [0.1, 0.15) is 31.7 Å². The minimum atomic E-state index is -0.643. The number of rotatable bonds is 5. The van der Waals surface area contributed by atoms with E-state index in [-0.39, 0.29) is 17.6 Å². The molecule has 1 N–H and O–H groups in total.